The molecular weight excluding hydrogens is 336 g/mol. The largest absolute Gasteiger partial charge is 0.492 e. The molecule has 0 saturated carbocycles. The molecule has 3 heteroatoms. The van der Waals surface area contributed by atoms with Crippen LogP contribution in [0, 0.1) is 6.92 Å². The third kappa shape index (κ3) is 3.56. The Morgan fingerprint density at radius 3 is 2.60 bits per heavy atom. The molecule has 0 aliphatic rings. The van der Waals surface area contributed by atoms with Crippen LogP contribution in [0.2, 0.25) is 0 Å². The van der Waals surface area contributed by atoms with Gasteiger partial charge in [-0.25, -0.2) is 0 Å². The van der Waals surface area contributed by atoms with Crippen LogP contribution in [-0.2, 0) is 0 Å². The lowest BCUT2D eigenvalue weighted by molar-refractivity contribution is 0.315. The molecule has 0 spiro atoms. The summed E-state index contributed by atoms with van der Waals surface area (Å²) in [6.07, 6.45) is 0.996. The summed E-state index contributed by atoms with van der Waals surface area (Å²) in [5.41, 5.74) is 3.41. The molecule has 0 N–H and O–H groups in total. The standard InChI is InChI=1S/C17H18BrClO/c1-3-10-20-16-9-8-13(11-15(16)18)17(19)14-7-5-4-6-12(14)2/h4-9,11,17H,3,10H2,1-2H3. The summed E-state index contributed by atoms with van der Waals surface area (Å²) in [5.74, 6) is 0.865. The molecule has 0 saturated heterocycles. The average Bonchev–Trinajstić information content (AvgIpc) is 2.46. The van der Waals surface area contributed by atoms with E-state index in [1.165, 1.54) is 5.56 Å². The van der Waals surface area contributed by atoms with Crippen LogP contribution >= 0.6 is 27.5 Å². The molecule has 1 atom stereocenters. The van der Waals surface area contributed by atoms with Crippen LogP contribution in [0.4, 0.5) is 0 Å². The van der Waals surface area contributed by atoms with E-state index >= 15 is 0 Å². The van der Waals surface area contributed by atoms with Crippen molar-refractivity contribution in [3.05, 3.63) is 63.6 Å². The molecule has 0 radical (unpaired) electrons. The Morgan fingerprint density at radius 2 is 1.95 bits per heavy atom. The molecule has 0 amide bonds. The van der Waals surface area contributed by atoms with Crippen molar-refractivity contribution in [3.8, 4) is 5.75 Å². The molecule has 0 heterocycles. The maximum absolute atomic E-state index is 6.60. The van der Waals surface area contributed by atoms with Gasteiger partial charge < -0.3 is 4.74 Å². The summed E-state index contributed by atoms with van der Waals surface area (Å²) in [6.45, 7) is 4.90. The van der Waals surface area contributed by atoms with Crippen LogP contribution in [0.1, 0.15) is 35.4 Å². The summed E-state index contributed by atoms with van der Waals surface area (Å²) in [4.78, 5) is 0. The van der Waals surface area contributed by atoms with E-state index in [4.69, 9.17) is 16.3 Å². The Labute approximate surface area is 134 Å². The van der Waals surface area contributed by atoms with Gasteiger partial charge in [0.2, 0.25) is 0 Å². The zero-order valence-electron chi connectivity index (χ0n) is 11.7. The Bertz CT molecular complexity index is 583. The van der Waals surface area contributed by atoms with Gasteiger partial charge in [-0.15, -0.1) is 11.6 Å². The minimum atomic E-state index is -0.146. The number of hydrogen-bond acceptors (Lipinski definition) is 1. The molecule has 1 nitrogen and oxygen atoms in total. The maximum Gasteiger partial charge on any atom is 0.133 e. The summed E-state index contributed by atoms with van der Waals surface area (Å²) in [6, 6.07) is 14.2. The van der Waals surface area contributed by atoms with Crippen molar-refractivity contribution < 1.29 is 4.74 Å². The first kappa shape index (κ1) is 15.4. The van der Waals surface area contributed by atoms with Crippen molar-refractivity contribution in [1.82, 2.24) is 0 Å². The van der Waals surface area contributed by atoms with E-state index < -0.39 is 0 Å². The predicted octanol–water partition coefficient (Wildman–Crippen LogP) is 5.87. The molecule has 0 aromatic heterocycles. The van der Waals surface area contributed by atoms with Gasteiger partial charge in [-0.1, -0.05) is 37.3 Å². The number of halogens is 2. The Hall–Kier alpha value is -0.990. The molecule has 1 unspecified atom stereocenters. The highest BCUT2D eigenvalue weighted by molar-refractivity contribution is 9.10. The Balaban J connectivity index is 2.25. The third-order valence-electron chi connectivity index (χ3n) is 3.17. The second kappa shape index (κ2) is 7.14. The average molecular weight is 354 g/mol. The van der Waals surface area contributed by atoms with Crippen LogP contribution in [0.3, 0.4) is 0 Å². The van der Waals surface area contributed by atoms with Gasteiger partial charge in [0.25, 0.3) is 0 Å². The van der Waals surface area contributed by atoms with Crippen LogP contribution in [0.25, 0.3) is 0 Å². The minimum Gasteiger partial charge on any atom is -0.492 e. The number of alkyl halides is 1. The lowest BCUT2D eigenvalue weighted by atomic mass is 10.00. The van der Waals surface area contributed by atoms with E-state index in [2.05, 4.69) is 41.9 Å². The Morgan fingerprint density at radius 1 is 1.20 bits per heavy atom. The fourth-order valence-electron chi connectivity index (χ4n) is 2.05. The van der Waals surface area contributed by atoms with Gasteiger partial charge in [-0.05, 0) is 58.1 Å². The van der Waals surface area contributed by atoms with Gasteiger partial charge in [0.15, 0.2) is 0 Å². The van der Waals surface area contributed by atoms with E-state index in [0.29, 0.717) is 0 Å². The zero-order chi connectivity index (χ0) is 14.5. The minimum absolute atomic E-state index is 0.146. The number of benzene rings is 2. The SMILES string of the molecule is CCCOc1ccc(C(Cl)c2ccccc2C)cc1Br. The molecule has 20 heavy (non-hydrogen) atoms. The molecule has 0 bridgehead atoms. The van der Waals surface area contributed by atoms with Gasteiger partial charge in [0, 0.05) is 0 Å². The third-order valence-corrected chi connectivity index (χ3v) is 4.28. The summed E-state index contributed by atoms with van der Waals surface area (Å²) in [7, 11) is 0. The van der Waals surface area contributed by atoms with Crippen LogP contribution in [0.15, 0.2) is 46.9 Å². The number of rotatable bonds is 5. The van der Waals surface area contributed by atoms with E-state index in [9.17, 15) is 0 Å². The molecule has 0 aliphatic heterocycles. The van der Waals surface area contributed by atoms with E-state index in [1.54, 1.807) is 0 Å². The fourth-order valence-corrected chi connectivity index (χ4v) is 2.95. The lowest BCUT2D eigenvalue weighted by Crippen LogP contribution is -1.99. The highest BCUT2D eigenvalue weighted by Gasteiger charge is 2.14. The topological polar surface area (TPSA) is 9.23 Å². The highest BCUT2D eigenvalue weighted by Crippen LogP contribution is 2.35. The predicted molar refractivity (Wildman–Crippen MR) is 88.8 cm³/mol. The van der Waals surface area contributed by atoms with Crippen molar-refractivity contribution in [3.63, 3.8) is 0 Å². The van der Waals surface area contributed by atoms with Crippen molar-refractivity contribution in [2.45, 2.75) is 25.6 Å². The number of ether oxygens (including phenoxy) is 1. The van der Waals surface area contributed by atoms with Crippen molar-refractivity contribution in [2.24, 2.45) is 0 Å². The highest BCUT2D eigenvalue weighted by atomic mass is 79.9. The van der Waals surface area contributed by atoms with Gasteiger partial charge in [0.05, 0.1) is 16.5 Å². The van der Waals surface area contributed by atoms with Crippen LogP contribution < -0.4 is 4.74 Å². The quantitative estimate of drug-likeness (QED) is 0.610. The molecule has 106 valence electrons. The second-order valence-corrected chi connectivity index (χ2v) is 6.05. The first-order valence-electron chi connectivity index (χ1n) is 6.75. The van der Waals surface area contributed by atoms with E-state index in [0.717, 1.165) is 34.4 Å². The van der Waals surface area contributed by atoms with Crippen molar-refractivity contribution >= 4 is 27.5 Å². The van der Waals surface area contributed by atoms with E-state index in [1.807, 2.05) is 30.3 Å². The molecular formula is C17H18BrClO. The van der Waals surface area contributed by atoms with E-state index in [-0.39, 0.29) is 5.38 Å². The maximum atomic E-state index is 6.60. The first-order valence-corrected chi connectivity index (χ1v) is 7.98. The normalized spacial score (nSPS) is 12.2. The zero-order valence-corrected chi connectivity index (χ0v) is 14.0. The van der Waals surface area contributed by atoms with Crippen LogP contribution in [-0.4, -0.2) is 6.61 Å². The molecule has 2 aromatic rings. The van der Waals surface area contributed by atoms with Gasteiger partial charge >= 0.3 is 0 Å². The lowest BCUT2D eigenvalue weighted by Gasteiger charge is -2.15. The summed E-state index contributed by atoms with van der Waals surface area (Å²) in [5, 5.41) is -0.146. The Kier molecular flexibility index (Phi) is 5.50. The smallest absolute Gasteiger partial charge is 0.133 e. The van der Waals surface area contributed by atoms with Gasteiger partial charge in [0.1, 0.15) is 5.75 Å². The van der Waals surface area contributed by atoms with Gasteiger partial charge in [-0.3, -0.25) is 0 Å². The van der Waals surface area contributed by atoms with Crippen LogP contribution in [0.5, 0.6) is 5.75 Å². The van der Waals surface area contributed by atoms with Gasteiger partial charge in [-0.2, -0.15) is 0 Å². The summed E-state index contributed by atoms with van der Waals surface area (Å²) < 4.78 is 6.61. The number of aryl methyl sites for hydroxylation is 1. The summed E-state index contributed by atoms with van der Waals surface area (Å²) >= 11 is 10.2. The van der Waals surface area contributed by atoms with Crippen molar-refractivity contribution in [1.29, 1.82) is 0 Å². The molecule has 2 rings (SSSR count). The molecule has 0 fully saturated rings. The second-order valence-electron chi connectivity index (χ2n) is 4.76. The molecule has 0 aliphatic carbocycles. The first-order chi connectivity index (χ1) is 9.63. The van der Waals surface area contributed by atoms with Crippen molar-refractivity contribution in [2.75, 3.05) is 6.61 Å². The molecule has 2 aromatic carbocycles. The number of hydrogen-bond donors (Lipinski definition) is 0. The fraction of sp³-hybridized carbons (Fsp3) is 0.294. The monoisotopic (exact) mass is 352 g/mol.